The summed E-state index contributed by atoms with van der Waals surface area (Å²) in [7, 11) is -3.94. The lowest BCUT2D eigenvalue weighted by molar-refractivity contribution is -0.140. The number of carbonyl (C=O) groups is 2. The molecule has 7 nitrogen and oxygen atoms in total. The number of halogens is 3. The largest absolute Gasteiger partial charge is 0.355 e. The first-order valence-electron chi connectivity index (χ1n) is 10.6. The van der Waals surface area contributed by atoms with Gasteiger partial charge in [-0.1, -0.05) is 71.6 Å². The molecule has 0 fully saturated rings. The number of nitrogens with zero attached hydrogens (tertiary/aromatic N) is 2. The Kier molecular flexibility index (Phi) is 10.1. The zero-order valence-electron chi connectivity index (χ0n) is 19.4. The first-order valence-corrected chi connectivity index (χ1v) is 13.6. The lowest BCUT2D eigenvalue weighted by Gasteiger charge is -2.33. The number of likely N-dealkylation sites (N-methyl/N-ethyl adjacent to an activating group) is 1. The second-order valence-electron chi connectivity index (χ2n) is 7.82. The van der Waals surface area contributed by atoms with Crippen LogP contribution in [-0.2, 0) is 26.2 Å². The van der Waals surface area contributed by atoms with Crippen LogP contribution in [0, 0.1) is 6.92 Å². The highest BCUT2D eigenvalue weighted by atomic mass is 35.5. The number of aryl methyl sites for hydroxylation is 1. The smallest absolute Gasteiger partial charge is 0.244 e. The van der Waals surface area contributed by atoms with Crippen LogP contribution in [0.2, 0.25) is 15.1 Å². The Hall–Kier alpha value is -2.00. The molecule has 0 aliphatic rings. The summed E-state index contributed by atoms with van der Waals surface area (Å²) in [5, 5.41) is 3.01. The molecular formula is C23H28Cl3N3O4S. The topological polar surface area (TPSA) is 86.8 Å². The van der Waals surface area contributed by atoms with Crippen molar-refractivity contribution in [1.29, 1.82) is 0 Å². The molecule has 0 aliphatic heterocycles. The molecule has 2 rings (SSSR count). The molecular weight excluding hydrogens is 521 g/mol. The number of anilines is 1. The quantitative estimate of drug-likeness (QED) is 0.437. The van der Waals surface area contributed by atoms with Gasteiger partial charge in [-0.05, 0) is 38.0 Å². The minimum absolute atomic E-state index is 0.0217. The number of amides is 2. The van der Waals surface area contributed by atoms with E-state index in [0.717, 1.165) is 21.7 Å². The summed E-state index contributed by atoms with van der Waals surface area (Å²) in [6.45, 7) is 5.46. The third-order valence-electron chi connectivity index (χ3n) is 5.11. The van der Waals surface area contributed by atoms with E-state index in [-0.39, 0.29) is 33.2 Å². The zero-order chi connectivity index (χ0) is 25.6. The SMILES string of the molecule is CCNC(=O)[C@@H](CC)N(Cc1cccc(C)c1)C(=O)CN(c1cc(Cl)c(Cl)cc1Cl)S(C)(=O)=O. The van der Waals surface area contributed by atoms with Gasteiger partial charge >= 0.3 is 0 Å². The number of benzene rings is 2. The van der Waals surface area contributed by atoms with Gasteiger partial charge in [-0.15, -0.1) is 0 Å². The van der Waals surface area contributed by atoms with Gasteiger partial charge in [0.05, 0.1) is 27.0 Å². The van der Waals surface area contributed by atoms with Crippen LogP contribution in [0.1, 0.15) is 31.4 Å². The number of carbonyl (C=O) groups excluding carboxylic acids is 2. The fourth-order valence-corrected chi connectivity index (χ4v) is 5.06. The molecule has 0 aliphatic carbocycles. The van der Waals surface area contributed by atoms with Gasteiger partial charge in [-0.2, -0.15) is 0 Å². The van der Waals surface area contributed by atoms with Crippen molar-refractivity contribution in [3.63, 3.8) is 0 Å². The van der Waals surface area contributed by atoms with Gasteiger partial charge in [-0.25, -0.2) is 8.42 Å². The number of nitrogens with one attached hydrogen (secondary N) is 1. The van der Waals surface area contributed by atoms with Crippen molar-refractivity contribution in [3.05, 3.63) is 62.6 Å². The van der Waals surface area contributed by atoms with Gasteiger partial charge in [0.25, 0.3) is 0 Å². The molecule has 0 spiro atoms. The highest BCUT2D eigenvalue weighted by molar-refractivity contribution is 7.92. The summed E-state index contributed by atoms with van der Waals surface area (Å²) in [6, 6.07) is 9.37. The average molecular weight is 549 g/mol. The Morgan fingerprint density at radius 2 is 1.68 bits per heavy atom. The maximum Gasteiger partial charge on any atom is 0.244 e. The fourth-order valence-electron chi connectivity index (χ4n) is 3.52. The molecule has 0 bridgehead atoms. The van der Waals surface area contributed by atoms with Crippen LogP contribution in [0.25, 0.3) is 0 Å². The second-order valence-corrected chi connectivity index (χ2v) is 10.9. The van der Waals surface area contributed by atoms with E-state index in [4.69, 9.17) is 34.8 Å². The third-order valence-corrected chi connectivity index (χ3v) is 7.26. The molecule has 2 amide bonds. The summed E-state index contributed by atoms with van der Waals surface area (Å²) < 4.78 is 26.2. The minimum Gasteiger partial charge on any atom is -0.355 e. The standard InChI is InChI=1S/C23H28Cl3N3O4S/c1-5-20(23(31)27-6-2)28(13-16-9-7-8-15(3)10-16)22(30)14-29(34(4,32)33)21-12-18(25)17(24)11-19(21)26/h7-12,20H,5-6,13-14H2,1-4H3,(H,27,31)/t20-/m1/s1. The average Bonchev–Trinajstić information content (AvgIpc) is 2.74. The van der Waals surface area contributed by atoms with Gasteiger partial charge in [0.1, 0.15) is 12.6 Å². The highest BCUT2D eigenvalue weighted by Gasteiger charge is 2.32. The minimum atomic E-state index is -3.94. The van der Waals surface area contributed by atoms with Crippen molar-refractivity contribution in [2.75, 3.05) is 23.7 Å². The summed E-state index contributed by atoms with van der Waals surface area (Å²) in [4.78, 5) is 27.7. The van der Waals surface area contributed by atoms with E-state index in [1.807, 2.05) is 31.2 Å². The van der Waals surface area contributed by atoms with Gasteiger partial charge in [-0.3, -0.25) is 13.9 Å². The predicted octanol–water partition coefficient (Wildman–Crippen LogP) is 4.66. The lowest BCUT2D eigenvalue weighted by atomic mass is 10.1. The molecule has 1 atom stereocenters. The summed E-state index contributed by atoms with van der Waals surface area (Å²) in [5.41, 5.74) is 1.83. The van der Waals surface area contributed by atoms with E-state index in [0.29, 0.717) is 13.0 Å². The maximum absolute atomic E-state index is 13.6. The van der Waals surface area contributed by atoms with Gasteiger partial charge in [0.2, 0.25) is 21.8 Å². The summed E-state index contributed by atoms with van der Waals surface area (Å²) in [5.74, 6) is -0.878. The summed E-state index contributed by atoms with van der Waals surface area (Å²) in [6.07, 6.45) is 1.31. The monoisotopic (exact) mass is 547 g/mol. The van der Waals surface area contributed by atoms with Gasteiger partial charge in [0, 0.05) is 13.1 Å². The van der Waals surface area contributed by atoms with Crippen molar-refractivity contribution in [2.45, 2.75) is 39.8 Å². The van der Waals surface area contributed by atoms with E-state index >= 15 is 0 Å². The second kappa shape index (κ2) is 12.1. The van der Waals surface area contributed by atoms with Crippen molar-refractivity contribution >= 4 is 62.3 Å². The van der Waals surface area contributed by atoms with E-state index in [1.165, 1.54) is 17.0 Å². The van der Waals surface area contributed by atoms with E-state index < -0.39 is 28.5 Å². The van der Waals surface area contributed by atoms with Crippen LogP contribution in [0.5, 0.6) is 0 Å². The van der Waals surface area contributed by atoms with E-state index in [1.54, 1.807) is 13.8 Å². The molecule has 11 heteroatoms. The predicted molar refractivity (Wildman–Crippen MR) is 138 cm³/mol. The molecule has 0 saturated heterocycles. The number of sulfonamides is 1. The summed E-state index contributed by atoms with van der Waals surface area (Å²) >= 11 is 18.3. The molecule has 2 aromatic carbocycles. The normalized spacial score (nSPS) is 12.2. The van der Waals surface area contributed by atoms with Crippen molar-refractivity contribution in [3.8, 4) is 0 Å². The molecule has 0 aromatic heterocycles. The van der Waals surface area contributed by atoms with Crippen molar-refractivity contribution in [1.82, 2.24) is 10.2 Å². The van der Waals surface area contributed by atoms with Crippen molar-refractivity contribution < 1.29 is 18.0 Å². The highest BCUT2D eigenvalue weighted by Crippen LogP contribution is 2.35. The number of rotatable bonds is 10. The van der Waals surface area contributed by atoms with Crippen LogP contribution in [-0.4, -0.2) is 50.5 Å². The first-order chi connectivity index (χ1) is 15.9. The lowest BCUT2D eigenvalue weighted by Crippen LogP contribution is -2.52. The molecule has 186 valence electrons. The Labute approximate surface area is 216 Å². The Morgan fingerprint density at radius 1 is 1.03 bits per heavy atom. The maximum atomic E-state index is 13.6. The van der Waals surface area contributed by atoms with Crippen LogP contribution in [0.3, 0.4) is 0 Å². The molecule has 0 heterocycles. The first kappa shape index (κ1) is 28.2. The molecule has 0 saturated carbocycles. The van der Waals surface area contributed by atoms with Crippen LogP contribution >= 0.6 is 34.8 Å². The van der Waals surface area contributed by atoms with Crippen molar-refractivity contribution in [2.24, 2.45) is 0 Å². The van der Waals surface area contributed by atoms with Crippen LogP contribution < -0.4 is 9.62 Å². The Balaban J connectivity index is 2.50. The van der Waals surface area contributed by atoms with Gasteiger partial charge in [0.15, 0.2) is 0 Å². The number of hydrogen-bond acceptors (Lipinski definition) is 4. The third kappa shape index (κ3) is 7.25. The molecule has 1 N–H and O–H groups in total. The Morgan fingerprint density at radius 3 is 2.24 bits per heavy atom. The number of hydrogen-bond donors (Lipinski definition) is 1. The molecule has 34 heavy (non-hydrogen) atoms. The molecule has 0 unspecified atom stereocenters. The van der Waals surface area contributed by atoms with Crippen LogP contribution in [0.15, 0.2) is 36.4 Å². The van der Waals surface area contributed by atoms with Crippen LogP contribution in [0.4, 0.5) is 5.69 Å². The molecule has 0 radical (unpaired) electrons. The van der Waals surface area contributed by atoms with E-state index in [9.17, 15) is 18.0 Å². The Bertz CT molecular complexity index is 1160. The van der Waals surface area contributed by atoms with Gasteiger partial charge < -0.3 is 10.2 Å². The zero-order valence-corrected chi connectivity index (χ0v) is 22.5. The molecule has 2 aromatic rings. The van der Waals surface area contributed by atoms with E-state index in [2.05, 4.69) is 5.32 Å². The fraction of sp³-hybridized carbons (Fsp3) is 0.391.